The molecule has 3 rings (SSSR count). The molecule has 0 N–H and O–H groups in total. The van der Waals surface area contributed by atoms with Gasteiger partial charge in [-0.2, -0.15) is 0 Å². The third-order valence-corrected chi connectivity index (χ3v) is 3.51. The maximum Gasteiger partial charge on any atom is 0.277 e. The van der Waals surface area contributed by atoms with Gasteiger partial charge >= 0.3 is 0 Å². The van der Waals surface area contributed by atoms with Crippen LogP contribution >= 0.6 is 11.6 Å². The predicted molar refractivity (Wildman–Crippen MR) is 81.8 cm³/mol. The van der Waals surface area contributed by atoms with Gasteiger partial charge in [0.2, 0.25) is 0 Å². The van der Waals surface area contributed by atoms with Crippen LogP contribution < -0.4 is 5.56 Å². The average molecular weight is 285 g/mol. The molecule has 2 aromatic carbocycles. The molecule has 3 nitrogen and oxygen atoms in total. The summed E-state index contributed by atoms with van der Waals surface area (Å²) in [6.45, 7) is 3.73. The summed E-state index contributed by atoms with van der Waals surface area (Å²) in [7, 11) is 0. The lowest BCUT2D eigenvalue weighted by Crippen LogP contribution is -2.22. The summed E-state index contributed by atoms with van der Waals surface area (Å²) in [5.41, 5.74) is 3.87. The van der Waals surface area contributed by atoms with E-state index in [-0.39, 0.29) is 5.56 Å². The van der Waals surface area contributed by atoms with Crippen LogP contribution in [0.15, 0.2) is 47.3 Å². The van der Waals surface area contributed by atoms with E-state index < -0.39 is 0 Å². The summed E-state index contributed by atoms with van der Waals surface area (Å²) in [5, 5.41) is 0.646. The fraction of sp³-hybridized carbons (Fsp3) is 0.125. The first kappa shape index (κ1) is 12.9. The van der Waals surface area contributed by atoms with Gasteiger partial charge in [0.1, 0.15) is 5.69 Å². The molecule has 3 aromatic rings. The molecule has 0 fully saturated rings. The van der Waals surface area contributed by atoms with Crippen molar-refractivity contribution in [3.63, 3.8) is 0 Å². The van der Waals surface area contributed by atoms with E-state index in [0.717, 1.165) is 22.3 Å². The van der Waals surface area contributed by atoms with E-state index in [2.05, 4.69) is 4.98 Å². The van der Waals surface area contributed by atoms with Gasteiger partial charge in [-0.15, -0.1) is 0 Å². The molecule has 0 unspecified atom stereocenters. The van der Waals surface area contributed by atoms with Crippen molar-refractivity contribution < 1.29 is 0 Å². The molecule has 0 radical (unpaired) electrons. The minimum absolute atomic E-state index is 0.106. The molecule has 0 aliphatic rings. The Hall–Kier alpha value is -2.13. The Labute approximate surface area is 121 Å². The van der Waals surface area contributed by atoms with Gasteiger partial charge in [0.05, 0.1) is 11.0 Å². The van der Waals surface area contributed by atoms with Crippen molar-refractivity contribution in [2.75, 3.05) is 0 Å². The molecule has 0 spiro atoms. The number of aryl methyl sites for hydroxylation is 2. The van der Waals surface area contributed by atoms with Crippen molar-refractivity contribution in [2.24, 2.45) is 0 Å². The predicted octanol–water partition coefficient (Wildman–Crippen LogP) is 3.66. The second kappa shape index (κ2) is 4.76. The molecule has 1 heterocycles. The summed E-state index contributed by atoms with van der Waals surface area (Å²) in [6.07, 6.45) is 0. The third kappa shape index (κ3) is 2.10. The van der Waals surface area contributed by atoms with Gasteiger partial charge < -0.3 is 0 Å². The summed E-state index contributed by atoms with van der Waals surface area (Å²) in [4.78, 5) is 16.8. The molecular formula is C16H13ClN2O. The van der Waals surface area contributed by atoms with Crippen molar-refractivity contribution in [1.29, 1.82) is 0 Å². The second-order valence-electron chi connectivity index (χ2n) is 4.81. The molecule has 100 valence electrons. The Kier molecular flexibility index (Phi) is 3.07. The number of aromatic nitrogens is 2. The van der Waals surface area contributed by atoms with Crippen LogP contribution in [0.2, 0.25) is 5.02 Å². The maximum absolute atomic E-state index is 12.4. The molecule has 0 atom stereocenters. The van der Waals surface area contributed by atoms with Gasteiger partial charge in [-0.05, 0) is 55.8 Å². The Bertz CT molecular complexity index is 851. The normalized spacial score (nSPS) is 10.9. The molecule has 0 amide bonds. The molecular weight excluding hydrogens is 272 g/mol. The third-order valence-electron chi connectivity index (χ3n) is 3.26. The van der Waals surface area contributed by atoms with Crippen LogP contribution in [0, 0.1) is 13.8 Å². The lowest BCUT2D eigenvalue weighted by Gasteiger charge is -2.11. The molecule has 0 saturated heterocycles. The quantitative estimate of drug-likeness (QED) is 0.683. The van der Waals surface area contributed by atoms with Crippen molar-refractivity contribution in [1.82, 2.24) is 9.55 Å². The number of hydrogen-bond donors (Lipinski definition) is 0. The lowest BCUT2D eigenvalue weighted by molar-refractivity contribution is 0.979. The van der Waals surface area contributed by atoms with E-state index in [4.69, 9.17) is 11.6 Å². The van der Waals surface area contributed by atoms with Gasteiger partial charge in [-0.1, -0.05) is 17.7 Å². The number of benzene rings is 2. The number of rotatable bonds is 1. The fourth-order valence-electron chi connectivity index (χ4n) is 2.25. The van der Waals surface area contributed by atoms with E-state index >= 15 is 0 Å². The van der Waals surface area contributed by atoms with Crippen LogP contribution in [-0.4, -0.2) is 9.55 Å². The molecule has 1 aromatic heterocycles. The largest absolute Gasteiger partial charge is 0.277 e. The minimum Gasteiger partial charge on any atom is -0.274 e. The Morgan fingerprint density at radius 1 is 1.05 bits per heavy atom. The Morgan fingerprint density at radius 2 is 1.75 bits per heavy atom. The maximum atomic E-state index is 12.4. The van der Waals surface area contributed by atoms with Crippen LogP contribution in [0.1, 0.15) is 11.3 Å². The van der Waals surface area contributed by atoms with Crippen molar-refractivity contribution in [3.8, 4) is 5.69 Å². The molecule has 0 aliphatic heterocycles. The van der Waals surface area contributed by atoms with Crippen LogP contribution in [0.3, 0.4) is 0 Å². The summed E-state index contributed by atoms with van der Waals surface area (Å²) in [5.74, 6) is 0. The zero-order valence-corrected chi connectivity index (χ0v) is 12.0. The highest BCUT2D eigenvalue weighted by molar-refractivity contribution is 6.30. The van der Waals surface area contributed by atoms with Gasteiger partial charge in [-0.25, -0.2) is 4.98 Å². The topological polar surface area (TPSA) is 34.9 Å². The molecule has 0 aliphatic carbocycles. The highest BCUT2D eigenvalue weighted by atomic mass is 35.5. The highest BCUT2D eigenvalue weighted by Crippen LogP contribution is 2.18. The van der Waals surface area contributed by atoms with Gasteiger partial charge in [0.25, 0.3) is 5.56 Å². The Morgan fingerprint density at radius 3 is 2.45 bits per heavy atom. The molecule has 4 heteroatoms. The zero-order chi connectivity index (χ0) is 14.3. The van der Waals surface area contributed by atoms with Crippen molar-refractivity contribution >= 4 is 22.6 Å². The van der Waals surface area contributed by atoms with Crippen LogP contribution in [0.25, 0.3) is 16.7 Å². The Balaban J connectivity index is 2.43. The van der Waals surface area contributed by atoms with E-state index in [1.54, 1.807) is 23.6 Å². The summed E-state index contributed by atoms with van der Waals surface area (Å²) in [6, 6.07) is 13.1. The first-order valence-electron chi connectivity index (χ1n) is 6.32. The van der Waals surface area contributed by atoms with Crippen molar-refractivity contribution in [2.45, 2.75) is 13.8 Å². The van der Waals surface area contributed by atoms with E-state index in [1.165, 1.54) is 0 Å². The molecule has 0 bridgehead atoms. The second-order valence-corrected chi connectivity index (χ2v) is 5.24. The van der Waals surface area contributed by atoms with Crippen molar-refractivity contribution in [3.05, 3.63) is 69.1 Å². The molecule has 0 saturated carbocycles. The average Bonchev–Trinajstić information content (AvgIpc) is 2.42. The van der Waals surface area contributed by atoms with Crippen LogP contribution in [-0.2, 0) is 0 Å². The number of fused-ring (bicyclic) bond motifs is 1. The van der Waals surface area contributed by atoms with Gasteiger partial charge in [0, 0.05) is 10.7 Å². The number of nitrogens with zero attached hydrogens (tertiary/aromatic N) is 2. The number of halogens is 1. The smallest absolute Gasteiger partial charge is 0.274 e. The fourth-order valence-corrected chi connectivity index (χ4v) is 2.38. The van der Waals surface area contributed by atoms with Crippen LogP contribution in [0.5, 0.6) is 0 Å². The number of hydrogen-bond acceptors (Lipinski definition) is 2. The van der Waals surface area contributed by atoms with E-state index in [9.17, 15) is 4.79 Å². The minimum atomic E-state index is -0.106. The monoisotopic (exact) mass is 284 g/mol. The van der Waals surface area contributed by atoms with Gasteiger partial charge in [-0.3, -0.25) is 9.36 Å². The highest BCUT2D eigenvalue weighted by Gasteiger charge is 2.10. The molecule has 20 heavy (non-hydrogen) atoms. The first-order valence-corrected chi connectivity index (χ1v) is 6.70. The van der Waals surface area contributed by atoms with E-state index in [0.29, 0.717) is 10.7 Å². The summed E-state index contributed by atoms with van der Waals surface area (Å²) < 4.78 is 1.68. The first-order chi connectivity index (χ1) is 9.56. The zero-order valence-electron chi connectivity index (χ0n) is 11.2. The SMILES string of the molecule is Cc1ccc2nc(C)c(=O)n(-c3ccc(Cl)cc3)c2c1. The van der Waals surface area contributed by atoms with E-state index in [1.807, 2.05) is 37.3 Å². The van der Waals surface area contributed by atoms with Gasteiger partial charge in [0.15, 0.2) is 0 Å². The standard InChI is InChI=1S/C16H13ClN2O/c1-10-3-8-14-15(9-10)19(16(20)11(2)18-14)13-6-4-12(17)5-7-13/h3-9H,1-2H3. The van der Waals surface area contributed by atoms with Crippen LogP contribution in [0.4, 0.5) is 0 Å². The lowest BCUT2D eigenvalue weighted by atomic mass is 10.2. The summed E-state index contributed by atoms with van der Waals surface area (Å²) >= 11 is 5.91.